The number of halogens is 1. The first-order chi connectivity index (χ1) is 14.6. The lowest BCUT2D eigenvalue weighted by Gasteiger charge is -2.15. The van der Waals surface area contributed by atoms with E-state index < -0.39 is 6.10 Å². The van der Waals surface area contributed by atoms with Crippen LogP contribution < -0.4 is 15.4 Å². The van der Waals surface area contributed by atoms with Crippen molar-refractivity contribution in [3.63, 3.8) is 0 Å². The van der Waals surface area contributed by atoms with Crippen molar-refractivity contribution in [2.75, 3.05) is 32.8 Å². The van der Waals surface area contributed by atoms with Crippen LogP contribution in [0.2, 0.25) is 0 Å². The molecule has 1 unspecified atom stereocenters. The molecule has 0 aliphatic carbocycles. The Morgan fingerprint density at radius 1 is 1.16 bits per heavy atom. The van der Waals surface area contributed by atoms with Crippen LogP contribution in [0.1, 0.15) is 44.6 Å². The maximum absolute atomic E-state index is 10.6. The summed E-state index contributed by atoms with van der Waals surface area (Å²) in [7, 11) is 0. The average Bonchev–Trinajstić information content (AvgIpc) is 3.24. The number of rotatable bonds is 13. The van der Waals surface area contributed by atoms with Crippen LogP contribution in [-0.2, 0) is 11.2 Å². The van der Waals surface area contributed by atoms with E-state index in [-0.39, 0.29) is 36.6 Å². The predicted octanol–water partition coefficient (Wildman–Crippen LogP) is 3.92. The van der Waals surface area contributed by atoms with Gasteiger partial charge in [-0.3, -0.25) is 4.99 Å². The second-order valence-electron chi connectivity index (χ2n) is 7.18. The monoisotopic (exact) mass is 545 g/mol. The number of aliphatic imine (C=N–C) groups is 1. The Balaban J connectivity index is 0.00000480. The minimum absolute atomic E-state index is 0. The molecular formula is C23H36IN3O4. The largest absolute Gasteiger partial charge is 0.491 e. The number of guanidine groups is 1. The smallest absolute Gasteiger partial charge is 0.191 e. The van der Waals surface area contributed by atoms with Crippen molar-refractivity contribution in [1.82, 2.24) is 10.6 Å². The molecule has 174 valence electrons. The summed E-state index contributed by atoms with van der Waals surface area (Å²) in [6.45, 7) is 9.02. The molecule has 1 aromatic heterocycles. The molecular weight excluding hydrogens is 509 g/mol. The van der Waals surface area contributed by atoms with Gasteiger partial charge in [-0.05, 0) is 57.0 Å². The molecule has 2 rings (SSSR count). The van der Waals surface area contributed by atoms with E-state index in [0.29, 0.717) is 25.7 Å². The fourth-order valence-corrected chi connectivity index (χ4v) is 2.81. The minimum Gasteiger partial charge on any atom is -0.491 e. The van der Waals surface area contributed by atoms with E-state index in [2.05, 4.69) is 15.6 Å². The normalized spacial score (nSPS) is 12.4. The third-order valence-electron chi connectivity index (χ3n) is 4.24. The number of hydrogen-bond donors (Lipinski definition) is 3. The van der Waals surface area contributed by atoms with Crippen molar-refractivity contribution in [1.29, 1.82) is 0 Å². The van der Waals surface area contributed by atoms with Gasteiger partial charge < -0.3 is 29.6 Å². The molecule has 1 heterocycles. The van der Waals surface area contributed by atoms with Gasteiger partial charge in [0.2, 0.25) is 0 Å². The van der Waals surface area contributed by atoms with Crippen molar-refractivity contribution >= 4 is 29.9 Å². The Bertz CT molecular complexity index is 738. The van der Waals surface area contributed by atoms with E-state index >= 15 is 0 Å². The highest BCUT2D eigenvalue weighted by molar-refractivity contribution is 14.0. The molecule has 0 spiro atoms. The lowest BCUT2D eigenvalue weighted by atomic mass is 10.1. The van der Waals surface area contributed by atoms with Crippen LogP contribution in [0.15, 0.2) is 52.1 Å². The number of benzene rings is 1. The zero-order valence-corrected chi connectivity index (χ0v) is 21.0. The van der Waals surface area contributed by atoms with Gasteiger partial charge in [-0.15, -0.1) is 24.0 Å². The van der Waals surface area contributed by atoms with Crippen LogP contribution in [0.3, 0.4) is 0 Å². The molecule has 0 radical (unpaired) electrons. The van der Waals surface area contributed by atoms with Crippen molar-refractivity contribution in [3.8, 4) is 5.75 Å². The summed E-state index contributed by atoms with van der Waals surface area (Å²) in [6.07, 6.45) is 2.67. The molecule has 0 saturated carbocycles. The third kappa shape index (κ3) is 11.4. The summed E-state index contributed by atoms with van der Waals surface area (Å²) in [6, 6.07) is 11.3. The topological polar surface area (TPSA) is 88.2 Å². The Morgan fingerprint density at radius 2 is 1.97 bits per heavy atom. The molecule has 7 nitrogen and oxygen atoms in total. The predicted molar refractivity (Wildman–Crippen MR) is 134 cm³/mol. The first kappa shape index (κ1) is 27.3. The van der Waals surface area contributed by atoms with Crippen LogP contribution in [0.4, 0.5) is 0 Å². The van der Waals surface area contributed by atoms with Gasteiger partial charge in [-0.25, -0.2) is 0 Å². The number of hydrogen-bond acceptors (Lipinski definition) is 5. The van der Waals surface area contributed by atoms with Gasteiger partial charge in [0.1, 0.15) is 11.5 Å². The molecule has 3 N–H and O–H groups in total. The number of nitrogens with one attached hydrogen (secondary N) is 2. The molecule has 31 heavy (non-hydrogen) atoms. The number of furan rings is 1. The molecule has 2 aromatic rings. The van der Waals surface area contributed by atoms with E-state index in [1.807, 2.05) is 57.2 Å². The Morgan fingerprint density at radius 3 is 2.68 bits per heavy atom. The highest BCUT2D eigenvalue weighted by Crippen LogP contribution is 2.20. The van der Waals surface area contributed by atoms with E-state index in [1.54, 1.807) is 6.26 Å². The standard InChI is InChI=1S/C23H35N3O4.HI/c1-4-28-14-7-12-24-23(25-13-11-20-10-6-15-29-20)26-17-22(27)19-8-5-9-21(16-19)30-18(2)3;/h5-6,8-10,15-16,18,22,27H,4,7,11-14,17H2,1-3H3,(H2,24,25,26);1H. The summed E-state index contributed by atoms with van der Waals surface area (Å²) in [5, 5.41) is 17.2. The third-order valence-corrected chi connectivity index (χ3v) is 4.24. The van der Waals surface area contributed by atoms with Crippen molar-refractivity contribution < 1.29 is 19.0 Å². The van der Waals surface area contributed by atoms with Crippen molar-refractivity contribution in [2.45, 2.75) is 45.8 Å². The second-order valence-corrected chi connectivity index (χ2v) is 7.18. The lowest BCUT2D eigenvalue weighted by Crippen LogP contribution is -2.39. The number of aliphatic hydroxyl groups excluding tert-OH is 1. The SMILES string of the molecule is CCOCCCNC(=NCC(O)c1cccc(OC(C)C)c1)NCCc1ccco1.I. The molecule has 8 heteroatoms. The van der Waals surface area contributed by atoms with Crippen molar-refractivity contribution in [3.05, 3.63) is 54.0 Å². The highest BCUT2D eigenvalue weighted by Gasteiger charge is 2.10. The number of ether oxygens (including phenoxy) is 2. The molecule has 0 amide bonds. The molecule has 0 saturated heterocycles. The van der Waals surface area contributed by atoms with Crippen LogP contribution in [0, 0.1) is 0 Å². The van der Waals surface area contributed by atoms with E-state index in [1.165, 1.54) is 0 Å². The van der Waals surface area contributed by atoms with Crippen LogP contribution >= 0.6 is 24.0 Å². The second kappa shape index (κ2) is 15.9. The first-order valence-corrected chi connectivity index (χ1v) is 10.7. The van der Waals surface area contributed by atoms with Crippen LogP contribution in [0.5, 0.6) is 5.75 Å². The molecule has 1 atom stereocenters. The van der Waals surface area contributed by atoms with Crippen LogP contribution in [-0.4, -0.2) is 50.0 Å². The zero-order valence-electron chi connectivity index (χ0n) is 18.7. The summed E-state index contributed by atoms with van der Waals surface area (Å²) in [5.74, 6) is 2.32. The van der Waals surface area contributed by atoms with Gasteiger partial charge in [0.15, 0.2) is 5.96 Å². The van der Waals surface area contributed by atoms with Crippen molar-refractivity contribution in [2.24, 2.45) is 4.99 Å². The summed E-state index contributed by atoms with van der Waals surface area (Å²) in [4.78, 5) is 4.56. The van der Waals surface area contributed by atoms with E-state index in [4.69, 9.17) is 13.9 Å². The Kier molecular flexibility index (Phi) is 14.0. The highest BCUT2D eigenvalue weighted by atomic mass is 127. The summed E-state index contributed by atoms with van der Waals surface area (Å²) < 4.78 is 16.5. The number of aliphatic hydroxyl groups is 1. The first-order valence-electron chi connectivity index (χ1n) is 10.7. The fourth-order valence-electron chi connectivity index (χ4n) is 2.81. The van der Waals surface area contributed by atoms with Gasteiger partial charge in [0, 0.05) is 32.7 Å². The molecule has 0 bridgehead atoms. The fraction of sp³-hybridized carbons (Fsp3) is 0.522. The van der Waals surface area contributed by atoms with Gasteiger partial charge in [0.25, 0.3) is 0 Å². The average molecular weight is 545 g/mol. The van der Waals surface area contributed by atoms with Gasteiger partial charge in [-0.2, -0.15) is 0 Å². The number of nitrogens with zero attached hydrogens (tertiary/aromatic N) is 1. The minimum atomic E-state index is -0.715. The van der Waals surface area contributed by atoms with Gasteiger partial charge in [0.05, 0.1) is 25.0 Å². The van der Waals surface area contributed by atoms with E-state index in [0.717, 1.165) is 36.5 Å². The zero-order chi connectivity index (χ0) is 21.6. The van der Waals surface area contributed by atoms with Crippen LogP contribution in [0.25, 0.3) is 0 Å². The summed E-state index contributed by atoms with van der Waals surface area (Å²) in [5.41, 5.74) is 0.781. The molecule has 1 aromatic carbocycles. The molecule has 0 aliphatic rings. The summed E-state index contributed by atoms with van der Waals surface area (Å²) >= 11 is 0. The Hall–Kier alpha value is -1.78. The molecule has 0 fully saturated rings. The van der Waals surface area contributed by atoms with E-state index in [9.17, 15) is 5.11 Å². The van der Waals surface area contributed by atoms with Gasteiger partial charge >= 0.3 is 0 Å². The maximum atomic E-state index is 10.6. The maximum Gasteiger partial charge on any atom is 0.191 e. The quantitative estimate of drug-likeness (QED) is 0.153. The Labute approximate surface area is 202 Å². The molecule has 0 aliphatic heterocycles. The lowest BCUT2D eigenvalue weighted by molar-refractivity contribution is 0.145. The van der Waals surface area contributed by atoms with Gasteiger partial charge in [-0.1, -0.05) is 12.1 Å².